The van der Waals surface area contributed by atoms with E-state index in [2.05, 4.69) is 21.3 Å². The maximum atomic E-state index is 13.0. The molecule has 11 heteroatoms. The number of piperazine rings is 1. The molecule has 2 saturated heterocycles. The predicted octanol–water partition coefficient (Wildman–Crippen LogP) is 2.05. The van der Waals surface area contributed by atoms with E-state index in [-0.39, 0.29) is 35.5 Å². The summed E-state index contributed by atoms with van der Waals surface area (Å²) in [6, 6.07) is 13.3. The highest BCUT2D eigenvalue weighted by molar-refractivity contribution is 8.15. The number of nitrogens with zero attached hydrogens (tertiary/aromatic N) is 3. The molecule has 0 aromatic heterocycles. The summed E-state index contributed by atoms with van der Waals surface area (Å²) < 4.78 is 34.3. The number of hydrogen-bond acceptors (Lipinski definition) is 9. The van der Waals surface area contributed by atoms with Crippen molar-refractivity contribution in [3.05, 3.63) is 53.6 Å². The molecule has 2 fully saturated rings. The van der Waals surface area contributed by atoms with Crippen molar-refractivity contribution < 1.29 is 22.7 Å². The summed E-state index contributed by atoms with van der Waals surface area (Å²) in [5, 5.41) is 4.01. The third kappa shape index (κ3) is 4.85. The Hall–Kier alpha value is -2.76. The van der Waals surface area contributed by atoms with E-state index in [9.17, 15) is 13.2 Å². The van der Waals surface area contributed by atoms with Gasteiger partial charge in [0.05, 0.1) is 17.5 Å². The van der Waals surface area contributed by atoms with E-state index >= 15 is 0 Å². The highest BCUT2D eigenvalue weighted by Gasteiger charge is 2.42. The van der Waals surface area contributed by atoms with E-state index in [1.165, 1.54) is 17.3 Å². The Kier molecular flexibility index (Phi) is 5.85. The van der Waals surface area contributed by atoms with Crippen LogP contribution < -0.4 is 14.8 Å². The maximum Gasteiger partial charge on any atom is 0.253 e. The standard InChI is InChI=1S/C24H26N4O5S2/c29-23(28-9-7-27(8-10-28)12-16-1-6-20-21(11-16)33-15-32-20)17-2-4-18(5-3-17)25-24-26-19-13-35(30,31)14-22(19)34-24/h1-6,11,19,22H,7-10,12-15H2,(H,25,26)/t19-,22+/m1/s1. The Labute approximate surface area is 208 Å². The highest BCUT2D eigenvalue weighted by Crippen LogP contribution is 2.35. The number of ether oxygens (including phenoxy) is 2. The van der Waals surface area contributed by atoms with Gasteiger partial charge in [0, 0.05) is 49.2 Å². The lowest BCUT2D eigenvalue weighted by Crippen LogP contribution is -2.48. The van der Waals surface area contributed by atoms with Crippen molar-refractivity contribution in [3.8, 4) is 11.5 Å². The predicted molar refractivity (Wildman–Crippen MR) is 135 cm³/mol. The van der Waals surface area contributed by atoms with Gasteiger partial charge in [-0.25, -0.2) is 8.42 Å². The lowest BCUT2D eigenvalue weighted by molar-refractivity contribution is 0.0628. The lowest BCUT2D eigenvalue weighted by Gasteiger charge is -2.34. The fourth-order valence-electron chi connectivity index (χ4n) is 4.82. The Morgan fingerprint density at radius 2 is 1.80 bits per heavy atom. The normalized spacial score (nSPS) is 24.8. The first-order valence-corrected chi connectivity index (χ1v) is 14.3. The zero-order valence-corrected chi connectivity index (χ0v) is 20.7. The van der Waals surface area contributed by atoms with Crippen molar-refractivity contribution in [3.63, 3.8) is 0 Å². The van der Waals surface area contributed by atoms with Gasteiger partial charge >= 0.3 is 0 Å². The molecule has 0 spiro atoms. The molecule has 2 aromatic carbocycles. The minimum absolute atomic E-state index is 0.00654. The number of amidine groups is 1. The Morgan fingerprint density at radius 1 is 1.03 bits per heavy atom. The Balaban J connectivity index is 1.01. The third-order valence-electron chi connectivity index (χ3n) is 6.70. The lowest BCUT2D eigenvalue weighted by atomic mass is 10.1. The average Bonchev–Trinajstić information content (AvgIpc) is 3.52. The van der Waals surface area contributed by atoms with Crippen LogP contribution in [0.1, 0.15) is 15.9 Å². The maximum absolute atomic E-state index is 13.0. The molecule has 4 aliphatic rings. The van der Waals surface area contributed by atoms with Gasteiger partial charge < -0.3 is 19.7 Å². The van der Waals surface area contributed by atoms with Crippen LogP contribution in [-0.4, -0.2) is 85.1 Å². The van der Waals surface area contributed by atoms with Crippen molar-refractivity contribution in [2.75, 3.05) is 49.8 Å². The first-order chi connectivity index (χ1) is 16.9. The zero-order valence-electron chi connectivity index (χ0n) is 19.1. The molecule has 35 heavy (non-hydrogen) atoms. The number of nitrogens with one attached hydrogen (secondary N) is 1. The number of hydrogen-bond donors (Lipinski definition) is 1. The number of anilines is 1. The van der Waals surface area contributed by atoms with Crippen LogP contribution >= 0.6 is 11.8 Å². The number of benzene rings is 2. The van der Waals surface area contributed by atoms with Gasteiger partial charge in [-0.15, -0.1) is 0 Å². The van der Waals surface area contributed by atoms with E-state index in [0.29, 0.717) is 18.7 Å². The zero-order chi connectivity index (χ0) is 24.0. The quantitative estimate of drug-likeness (QED) is 0.662. The average molecular weight is 515 g/mol. The van der Waals surface area contributed by atoms with Crippen LogP contribution in [0.3, 0.4) is 0 Å². The number of sulfone groups is 1. The first kappa shape index (κ1) is 22.7. The van der Waals surface area contributed by atoms with Gasteiger partial charge in [-0.1, -0.05) is 17.8 Å². The summed E-state index contributed by atoms with van der Waals surface area (Å²) in [7, 11) is -2.96. The monoisotopic (exact) mass is 514 g/mol. The minimum Gasteiger partial charge on any atom is -0.454 e. The van der Waals surface area contributed by atoms with Gasteiger partial charge in [0.25, 0.3) is 5.91 Å². The Bertz CT molecular complexity index is 1270. The summed E-state index contributed by atoms with van der Waals surface area (Å²) in [6.07, 6.45) is 0. The second kappa shape index (κ2) is 9.03. The molecule has 2 aromatic rings. The molecule has 0 unspecified atom stereocenters. The topological polar surface area (TPSA) is 101 Å². The Morgan fingerprint density at radius 3 is 2.57 bits per heavy atom. The van der Waals surface area contributed by atoms with Gasteiger partial charge in [-0.2, -0.15) is 0 Å². The summed E-state index contributed by atoms with van der Waals surface area (Å²) >= 11 is 1.48. The smallest absolute Gasteiger partial charge is 0.253 e. The number of fused-ring (bicyclic) bond motifs is 2. The summed E-state index contributed by atoms with van der Waals surface area (Å²) in [4.78, 5) is 21.8. The fourth-order valence-corrected chi connectivity index (χ4v) is 8.50. The molecular formula is C24H26N4O5S2. The van der Waals surface area contributed by atoms with Crippen molar-refractivity contribution in [1.82, 2.24) is 9.80 Å². The summed E-state index contributed by atoms with van der Waals surface area (Å²) in [5.41, 5.74) is 2.67. The molecule has 0 bridgehead atoms. The molecule has 0 radical (unpaired) electrons. The number of aliphatic imine (C=N–C) groups is 1. The number of rotatable bonds is 4. The van der Waals surface area contributed by atoms with E-state index in [4.69, 9.17) is 9.47 Å². The molecule has 9 nitrogen and oxygen atoms in total. The van der Waals surface area contributed by atoms with Crippen molar-refractivity contribution in [2.45, 2.75) is 17.8 Å². The largest absolute Gasteiger partial charge is 0.454 e. The number of amides is 1. The molecule has 184 valence electrons. The molecule has 6 rings (SSSR count). The van der Waals surface area contributed by atoms with Crippen LogP contribution in [0.4, 0.5) is 5.69 Å². The van der Waals surface area contributed by atoms with Crippen LogP contribution in [0.2, 0.25) is 0 Å². The van der Waals surface area contributed by atoms with E-state index in [1.807, 2.05) is 41.3 Å². The van der Waals surface area contributed by atoms with E-state index in [0.717, 1.165) is 42.0 Å². The van der Waals surface area contributed by atoms with Crippen LogP contribution in [-0.2, 0) is 16.4 Å². The van der Waals surface area contributed by atoms with Crippen LogP contribution in [0.5, 0.6) is 11.5 Å². The van der Waals surface area contributed by atoms with Crippen molar-refractivity contribution in [2.24, 2.45) is 4.99 Å². The third-order valence-corrected chi connectivity index (χ3v) is 9.85. The summed E-state index contributed by atoms with van der Waals surface area (Å²) in [5.74, 6) is 1.94. The molecule has 0 aliphatic carbocycles. The molecule has 4 aliphatic heterocycles. The van der Waals surface area contributed by atoms with Crippen LogP contribution in [0, 0.1) is 0 Å². The van der Waals surface area contributed by atoms with Gasteiger partial charge in [0.1, 0.15) is 0 Å². The van der Waals surface area contributed by atoms with Crippen LogP contribution in [0.25, 0.3) is 0 Å². The van der Waals surface area contributed by atoms with Gasteiger partial charge in [-0.05, 0) is 42.0 Å². The highest BCUT2D eigenvalue weighted by atomic mass is 32.2. The van der Waals surface area contributed by atoms with Gasteiger partial charge in [0.15, 0.2) is 26.5 Å². The van der Waals surface area contributed by atoms with E-state index < -0.39 is 9.84 Å². The number of carbonyl (C=O) groups excluding carboxylic acids is 1. The number of carbonyl (C=O) groups is 1. The molecule has 1 N–H and O–H groups in total. The molecule has 1 amide bonds. The van der Waals surface area contributed by atoms with Gasteiger partial charge in [0.2, 0.25) is 6.79 Å². The van der Waals surface area contributed by atoms with Gasteiger partial charge in [-0.3, -0.25) is 14.7 Å². The fraction of sp³-hybridized carbons (Fsp3) is 0.417. The second-order valence-corrected chi connectivity index (χ2v) is 12.6. The second-order valence-electron chi connectivity index (χ2n) is 9.19. The molecular weight excluding hydrogens is 488 g/mol. The number of thioether (sulfide) groups is 1. The molecule has 4 heterocycles. The molecule has 0 saturated carbocycles. The minimum atomic E-state index is -2.96. The first-order valence-electron chi connectivity index (χ1n) is 11.6. The van der Waals surface area contributed by atoms with Crippen molar-refractivity contribution >= 4 is 38.4 Å². The summed E-state index contributed by atoms with van der Waals surface area (Å²) in [6.45, 7) is 4.08. The SMILES string of the molecule is O=C(c1ccc(NC2=N[C@@H]3CS(=O)(=O)C[C@@H]3S2)cc1)N1CCN(Cc2ccc3c(c2)OCO3)CC1. The van der Waals surface area contributed by atoms with Crippen molar-refractivity contribution in [1.29, 1.82) is 0 Å². The molecule has 2 atom stereocenters. The van der Waals surface area contributed by atoms with Crippen LogP contribution in [0.15, 0.2) is 47.5 Å². The van der Waals surface area contributed by atoms with E-state index in [1.54, 1.807) is 0 Å².